The van der Waals surface area contributed by atoms with Crippen LogP contribution in [0.3, 0.4) is 0 Å². The Morgan fingerprint density at radius 1 is 0.969 bits per heavy atom. The lowest BCUT2D eigenvalue weighted by Crippen LogP contribution is -2.32. The summed E-state index contributed by atoms with van der Waals surface area (Å²) in [4.78, 5) is 4.52. The number of hydrogen-bond donors (Lipinski definition) is 3. The van der Waals surface area contributed by atoms with Crippen LogP contribution in [0.25, 0.3) is 5.57 Å². The van der Waals surface area contributed by atoms with Gasteiger partial charge >= 0.3 is 0 Å². The summed E-state index contributed by atoms with van der Waals surface area (Å²) in [6, 6.07) is 16.8. The number of nitrogens with zero attached hydrogens (tertiary/aromatic N) is 2. The van der Waals surface area contributed by atoms with Crippen LogP contribution in [0.4, 0.5) is 11.4 Å². The fourth-order valence-electron chi connectivity index (χ4n) is 4.05. The van der Waals surface area contributed by atoms with Gasteiger partial charge in [-0.3, -0.25) is 0 Å². The van der Waals surface area contributed by atoms with Crippen LogP contribution in [-0.4, -0.2) is 52.5 Å². The topological polar surface area (TPSA) is 65.8 Å². The van der Waals surface area contributed by atoms with Gasteiger partial charge in [-0.25, -0.2) is 0 Å². The lowest BCUT2D eigenvalue weighted by molar-refractivity contribution is 0.280. The quantitative estimate of drug-likeness (QED) is 0.497. The van der Waals surface area contributed by atoms with Gasteiger partial charge in [-0.05, 0) is 48.9 Å². The number of para-hydroxylation sites is 3. The van der Waals surface area contributed by atoms with Crippen LogP contribution in [0.15, 0.2) is 66.9 Å². The maximum absolute atomic E-state index is 6.17. The second-order valence-electron chi connectivity index (χ2n) is 7.88. The van der Waals surface area contributed by atoms with E-state index in [1.807, 2.05) is 18.2 Å². The zero-order valence-electron chi connectivity index (χ0n) is 18.3. The zero-order valence-corrected chi connectivity index (χ0v) is 18.3. The number of rotatable bonds is 10. The van der Waals surface area contributed by atoms with E-state index >= 15 is 0 Å². The van der Waals surface area contributed by atoms with Crippen molar-refractivity contribution in [3.8, 4) is 5.75 Å². The Morgan fingerprint density at radius 2 is 1.69 bits per heavy atom. The average Bonchev–Trinajstić information content (AvgIpc) is 3.12. The van der Waals surface area contributed by atoms with E-state index in [4.69, 9.17) is 10.5 Å². The molecule has 0 bridgehead atoms. The minimum Gasteiger partial charge on any atom is -0.465 e. The molecular weight excluding hydrogens is 398 g/mol. The molecule has 6 heteroatoms. The van der Waals surface area contributed by atoms with E-state index in [2.05, 4.69) is 76.2 Å². The van der Waals surface area contributed by atoms with Gasteiger partial charge < -0.3 is 30.9 Å². The predicted molar refractivity (Wildman–Crippen MR) is 136 cm³/mol. The maximum atomic E-state index is 6.17. The fraction of sp³-hybridized carbons (Fsp3) is 0.385. The first kappa shape index (κ1) is 23.9. The Morgan fingerprint density at radius 3 is 2.47 bits per heavy atom. The van der Waals surface area contributed by atoms with Crippen LogP contribution in [-0.2, 0) is 0 Å². The number of likely N-dealkylation sites (N-methyl/N-ethyl adjacent to an activating group) is 1. The number of benzene rings is 2. The molecule has 0 spiro atoms. The molecule has 2 heterocycles. The second kappa shape index (κ2) is 11.7. The smallest absolute Gasteiger partial charge is 0.192 e. The molecule has 6 nitrogen and oxygen atoms in total. The summed E-state index contributed by atoms with van der Waals surface area (Å²) in [5.41, 5.74) is 10.3. The SMILES string of the molecule is C.CN1c2ccccc2OC1/C=C1\C=CN(CCCNCCNCCN)c2ccccc21. The highest BCUT2D eigenvalue weighted by Gasteiger charge is 2.27. The first-order chi connectivity index (χ1) is 15.3. The molecular formula is C26H37N5O. The minimum atomic E-state index is -0.103. The Labute approximate surface area is 192 Å². The number of nitrogens with two attached hydrogens (primary N) is 1. The largest absolute Gasteiger partial charge is 0.465 e. The van der Waals surface area contributed by atoms with Crippen molar-refractivity contribution >= 4 is 16.9 Å². The van der Waals surface area contributed by atoms with Gasteiger partial charge in [0.1, 0.15) is 5.75 Å². The molecule has 2 aromatic carbocycles. The van der Waals surface area contributed by atoms with E-state index in [0.717, 1.165) is 50.6 Å². The summed E-state index contributed by atoms with van der Waals surface area (Å²) in [5.74, 6) is 0.937. The van der Waals surface area contributed by atoms with Crippen LogP contribution in [0, 0.1) is 0 Å². The van der Waals surface area contributed by atoms with Crippen LogP contribution >= 0.6 is 0 Å². The molecule has 0 aromatic heterocycles. The molecule has 1 unspecified atom stereocenters. The third-order valence-electron chi connectivity index (χ3n) is 5.71. The summed E-state index contributed by atoms with van der Waals surface area (Å²) in [5, 5.41) is 6.79. The first-order valence-electron chi connectivity index (χ1n) is 11.1. The third-order valence-corrected chi connectivity index (χ3v) is 5.71. The Hall–Kier alpha value is -2.80. The summed E-state index contributed by atoms with van der Waals surface area (Å²) < 4.78 is 6.17. The van der Waals surface area contributed by atoms with Gasteiger partial charge in [-0.1, -0.05) is 37.8 Å². The molecule has 2 aromatic rings. The molecule has 0 saturated heterocycles. The van der Waals surface area contributed by atoms with E-state index in [1.165, 1.54) is 16.8 Å². The van der Waals surface area contributed by atoms with Crippen molar-refractivity contribution in [3.05, 3.63) is 72.4 Å². The molecule has 172 valence electrons. The number of nitrogens with one attached hydrogen (secondary N) is 2. The van der Waals surface area contributed by atoms with Crippen LogP contribution < -0.4 is 30.9 Å². The van der Waals surface area contributed by atoms with Gasteiger partial charge in [0, 0.05) is 57.2 Å². The minimum absolute atomic E-state index is 0. The fourth-order valence-corrected chi connectivity index (χ4v) is 4.05. The van der Waals surface area contributed by atoms with Crippen molar-refractivity contribution in [2.45, 2.75) is 20.1 Å². The van der Waals surface area contributed by atoms with Gasteiger partial charge in [-0.15, -0.1) is 0 Å². The van der Waals surface area contributed by atoms with E-state index in [9.17, 15) is 0 Å². The van der Waals surface area contributed by atoms with Gasteiger partial charge in [0.2, 0.25) is 0 Å². The summed E-state index contributed by atoms with van der Waals surface area (Å²) in [6.45, 7) is 5.47. The van der Waals surface area contributed by atoms with Crippen LogP contribution in [0.1, 0.15) is 19.4 Å². The molecule has 4 rings (SSSR count). The maximum Gasteiger partial charge on any atom is 0.192 e. The molecule has 0 saturated carbocycles. The van der Waals surface area contributed by atoms with Gasteiger partial charge in [-0.2, -0.15) is 0 Å². The van der Waals surface area contributed by atoms with Gasteiger partial charge in [0.25, 0.3) is 0 Å². The lowest BCUT2D eigenvalue weighted by Gasteiger charge is -2.28. The molecule has 1 atom stereocenters. The van der Waals surface area contributed by atoms with E-state index in [1.54, 1.807) is 0 Å². The Kier molecular flexibility index (Phi) is 8.73. The average molecular weight is 436 g/mol. The van der Waals surface area contributed by atoms with Gasteiger partial charge in [0.05, 0.1) is 5.69 Å². The molecule has 0 aliphatic carbocycles. The third kappa shape index (κ3) is 5.51. The van der Waals surface area contributed by atoms with Crippen LogP contribution in [0.5, 0.6) is 5.75 Å². The number of allylic oxidation sites excluding steroid dienone is 2. The summed E-state index contributed by atoms with van der Waals surface area (Å²) >= 11 is 0. The molecule has 2 aliphatic rings. The van der Waals surface area contributed by atoms with E-state index in [-0.39, 0.29) is 13.7 Å². The van der Waals surface area contributed by atoms with Crippen molar-refractivity contribution < 1.29 is 4.74 Å². The van der Waals surface area contributed by atoms with Gasteiger partial charge in [0.15, 0.2) is 6.23 Å². The first-order valence-corrected chi connectivity index (χ1v) is 11.1. The molecule has 4 N–H and O–H groups in total. The van der Waals surface area contributed by atoms with Crippen molar-refractivity contribution in [1.82, 2.24) is 10.6 Å². The van der Waals surface area contributed by atoms with Crippen LogP contribution in [0.2, 0.25) is 0 Å². The second-order valence-corrected chi connectivity index (χ2v) is 7.88. The van der Waals surface area contributed by atoms with Crippen molar-refractivity contribution in [2.75, 3.05) is 56.1 Å². The zero-order chi connectivity index (χ0) is 21.5. The Balaban J connectivity index is 0.00000289. The van der Waals surface area contributed by atoms with E-state index < -0.39 is 0 Å². The molecule has 0 amide bonds. The standard InChI is InChI=1S/C25H33N5O.CH4/c1-29-23-9-4-5-10-24(23)31-25(29)19-20-11-18-30(22-8-3-2-7-21(20)22)17-6-13-27-15-16-28-14-12-26;/h2-5,7-11,18-19,25,27-28H,6,12-17,26H2,1H3;1H4/b20-19+;. The van der Waals surface area contributed by atoms with Crippen molar-refractivity contribution in [1.29, 1.82) is 0 Å². The normalized spacial score (nSPS) is 17.7. The monoisotopic (exact) mass is 435 g/mol. The molecule has 32 heavy (non-hydrogen) atoms. The number of anilines is 2. The molecule has 2 aliphatic heterocycles. The predicted octanol–water partition coefficient (Wildman–Crippen LogP) is 3.42. The lowest BCUT2D eigenvalue weighted by atomic mass is 9.99. The number of ether oxygens (including phenoxy) is 1. The highest BCUT2D eigenvalue weighted by Crippen LogP contribution is 2.38. The molecule has 0 fully saturated rings. The highest BCUT2D eigenvalue weighted by atomic mass is 16.5. The van der Waals surface area contributed by atoms with Crippen molar-refractivity contribution in [3.63, 3.8) is 0 Å². The van der Waals surface area contributed by atoms with Crippen molar-refractivity contribution in [2.24, 2.45) is 5.73 Å². The number of hydrogen-bond acceptors (Lipinski definition) is 6. The Bertz CT molecular complexity index is 926. The highest BCUT2D eigenvalue weighted by molar-refractivity contribution is 5.86. The molecule has 0 radical (unpaired) electrons. The summed E-state index contributed by atoms with van der Waals surface area (Å²) in [6.07, 6.45) is 7.58. The van der Waals surface area contributed by atoms with E-state index in [0.29, 0.717) is 6.54 Å². The number of fused-ring (bicyclic) bond motifs is 2. The summed E-state index contributed by atoms with van der Waals surface area (Å²) in [7, 11) is 2.08.